The Kier molecular flexibility index (Phi) is 9.76. The molecular weight excluding hydrogens is 691 g/mol. The van der Waals surface area contributed by atoms with Crippen LogP contribution in [0.15, 0.2) is 11.1 Å². The SMILES string of the molecule is CC[C@@H]1CC(O)[C@@]2(C)C(=O)C(O)C3=C(C)C(OC(=O)C(O)C(C)C)CC(O)([C@@H](C)C2C1(C)O)C3(C)C.[Ac]. The maximum Gasteiger partial charge on any atom is 0.335 e. The first-order chi connectivity index (χ1) is 16.3. The van der Waals surface area contributed by atoms with Crippen molar-refractivity contribution in [1.82, 2.24) is 0 Å². The Labute approximate surface area is 256 Å². The Bertz CT molecular complexity index is 942. The van der Waals surface area contributed by atoms with Gasteiger partial charge in [-0.2, -0.15) is 0 Å². The van der Waals surface area contributed by atoms with Crippen LogP contribution in [-0.2, 0) is 14.3 Å². The van der Waals surface area contributed by atoms with Crippen molar-refractivity contribution in [2.75, 3.05) is 0 Å². The Morgan fingerprint density at radius 3 is 2.16 bits per heavy atom. The summed E-state index contributed by atoms with van der Waals surface area (Å²) in [7, 11) is 0. The second-order valence-corrected chi connectivity index (χ2v) is 12.9. The quantitative estimate of drug-likeness (QED) is 0.218. The summed E-state index contributed by atoms with van der Waals surface area (Å²) < 4.78 is 5.69. The Morgan fingerprint density at radius 2 is 1.68 bits per heavy atom. The smallest absolute Gasteiger partial charge is 0.335 e. The number of carbonyl (C=O) groups excluding carboxylic acids is 2. The van der Waals surface area contributed by atoms with Crippen LogP contribution in [0.1, 0.15) is 81.6 Å². The average Bonchev–Trinajstić information content (AvgIpc) is 2.77. The van der Waals surface area contributed by atoms with Crippen LogP contribution in [0.3, 0.4) is 0 Å². The molecule has 0 heterocycles. The Hall–Kier alpha value is 0.122. The van der Waals surface area contributed by atoms with E-state index in [2.05, 4.69) is 0 Å². The zero-order chi connectivity index (χ0) is 27.8. The number of ketones is 1. The summed E-state index contributed by atoms with van der Waals surface area (Å²) in [4.78, 5) is 26.8. The fraction of sp³-hybridized carbons (Fsp3) is 0.857. The van der Waals surface area contributed by atoms with Crippen LogP contribution in [0.4, 0.5) is 0 Å². The molecule has 2 bridgehead atoms. The summed E-state index contributed by atoms with van der Waals surface area (Å²) in [6.45, 7) is 15.5. The van der Waals surface area contributed by atoms with E-state index in [1.165, 1.54) is 0 Å². The molecule has 3 rings (SSSR count). The third-order valence-corrected chi connectivity index (χ3v) is 10.4. The molecule has 9 heteroatoms. The first-order valence-corrected chi connectivity index (χ1v) is 13.3. The molecule has 209 valence electrons. The van der Waals surface area contributed by atoms with Crippen molar-refractivity contribution in [2.45, 2.75) is 117 Å². The predicted molar refractivity (Wildman–Crippen MR) is 134 cm³/mol. The number of aliphatic hydroxyl groups is 5. The van der Waals surface area contributed by atoms with Gasteiger partial charge in [0.15, 0.2) is 11.9 Å². The van der Waals surface area contributed by atoms with Crippen molar-refractivity contribution < 1.29 is 83.9 Å². The normalized spacial score (nSPS) is 44.4. The molecular formula is C28H46AcO8. The number of ether oxygens (including phenoxy) is 1. The van der Waals surface area contributed by atoms with Crippen molar-refractivity contribution in [3.63, 3.8) is 0 Å². The van der Waals surface area contributed by atoms with Gasteiger partial charge in [0.25, 0.3) is 0 Å². The molecule has 2 saturated carbocycles. The zero-order valence-corrected chi connectivity index (χ0v) is 28.5. The molecule has 1 radical (unpaired) electrons. The van der Waals surface area contributed by atoms with Gasteiger partial charge in [-0.3, -0.25) is 4.79 Å². The minimum absolute atomic E-state index is 0. The molecule has 3 aliphatic rings. The number of Topliss-reactive ketones (excluding diaryl/α,β-unsaturated/α-hetero) is 1. The van der Waals surface area contributed by atoms with Crippen molar-refractivity contribution >= 4 is 11.8 Å². The molecule has 7 unspecified atom stereocenters. The monoisotopic (exact) mass is 737 g/mol. The van der Waals surface area contributed by atoms with Crippen LogP contribution in [0.5, 0.6) is 0 Å². The first-order valence-electron chi connectivity index (χ1n) is 13.3. The van der Waals surface area contributed by atoms with E-state index in [1.807, 2.05) is 6.92 Å². The van der Waals surface area contributed by atoms with E-state index in [9.17, 15) is 35.1 Å². The maximum atomic E-state index is 14.1. The van der Waals surface area contributed by atoms with Crippen molar-refractivity contribution in [3.8, 4) is 0 Å². The van der Waals surface area contributed by atoms with E-state index in [0.29, 0.717) is 12.0 Å². The van der Waals surface area contributed by atoms with E-state index in [4.69, 9.17) is 4.74 Å². The molecule has 5 N–H and O–H groups in total. The number of esters is 1. The molecule has 0 saturated heterocycles. The molecule has 0 spiro atoms. The van der Waals surface area contributed by atoms with Gasteiger partial charge in [-0.25, -0.2) is 4.79 Å². The van der Waals surface area contributed by atoms with Crippen LogP contribution >= 0.6 is 0 Å². The number of carbonyl (C=O) groups is 2. The molecule has 10 atom stereocenters. The number of hydrogen-bond donors (Lipinski definition) is 5. The van der Waals surface area contributed by atoms with Gasteiger partial charge < -0.3 is 30.3 Å². The van der Waals surface area contributed by atoms with Crippen LogP contribution < -0.4 is 0 Å². The second kappa shape index (κ2) is 10.8. The predicted octanol–water partition coefficient (Wildman–Crippen LogP) is 2.14. The number of fused-ring (bicyclic) bond motifs is 3. The number of hydrogen-bond acceptors (Lipinski definition) is 8. The van der Waals surface area contributed by atoms with E-state index >= 15 is 0 Å². The van der Waals surface area contributed by atoms with Gasteiger partial charge in [0.05, 0.1) is 22.7 Å². The van der Waals surface area contributed by atoms with Crippen molar-refractivity contribution in [3.05, 3.63) is 11.1 Å². The largest absolute Gasteiger partial charge is 0.456 e. The molecule has 0 aromatic rings. The molecule has 0 amide bonds. The maximum absolute atomic E-state index is 14.1. The summed E-state index contributed by atoms with van der Waals surface area (Å²) in [5, 5.41) is 57.5. The summed E-state index contributed by atoms with van der Waals surface area (Å²) in [5.74, 6) is -3.76. The van der Waals surface area contributed by atoms with Crippen LogP contribution in [-0.4, -0.2) is 72.9 Å². The van der Waals surface area contributed by atoms with Gasteiger partial charge in [0.1, 0.15) is 12.2 Å². The van der Waals surface area contributed by atoms with Crippen LogP contribution in [0, 0.1) is 78.6 Å². The third-order valence-electron chi connectivity index (χ3n) is 10.4. The van der Waals surface area contributed by atoms with E-state index in [0.717, 1.165) is 0 Å². The summed E-state index contributed by atoms with van der Waals surface area (Å²) in [5.41, 5.74) is -4.96. The summed E-state index contributed by atoms with van der Waals surface area (Å²) >= 11 is 0. The summed E-state index contributed by atoms with van der Waals surface area (Å²) in [6.07, 6.45) is -4.39. The zero-order valence-electron chi connectivity index (χ0n) is 23.8. The minimum atomic E-state index is -1.67. The molecule has 8 nitrogen and oxygen atoms in total. The van der Waals surface area contributed by atoms with Crippen LogP contribution in [0.25, 0.3) is 0 Å². The molecule has 37 heavy (non-hydrogen) atoms. The van der Waals surface area contributed by atoms with Crippen molar-refractivity contribution in [1.29, 1.82) is 0 Å². The molecule has 0 aromatic carbocycles. The van der Waals surface area contributed by atoms with Gasteiger partial charge in [0.2, 0.25) is 0 Å². The summed E-state index contributed by atoms with van der Waals surface area (Å²) in [6, 6.07) is 0. The second-order valence-electron chi connectivity index (χ2n) is 12.9. The van der Waals surface area contributed by atoms with E-state index < -0.39 is 70.0 Å². The third kappa shape index (κ3) is 4.75. The van der Waals surface area contributed by atoms with Gasteiger partial charge >= 0.3 is 5.97 Å². The number of rotatable bonds is 4. The topological polar surface area (TPSA) is 145 Å². The molecule has 2 fully saturated rings. The van der Waals surface area contributed by atoms with Gasteiger partial charge in [-0.1, -0.05) is 48.0 Å². The molecule has 3 aliphatic carbocycles. The van der Waals surface area contributed by atoms with Gasteiger partial charge in [-0.15, -0.1) is 0 Å². The van der Waals surface area contributed by atoms with Gasteiger partial charge in [-0.05, 0) is 56.1 Å². The van der Waals surface area contributed by atoms with Crippen molar-refractivity contribution in [2.24, 2.45) is 34.5 Å². The van der Waals surface area contributed by atoms with Crippen LogP contribution in [0.2, 0.25) is 0 Å². The number of aliphatic hydroxyl groups excluding tert-OH is 3. The van der Waals surface area contributed by atoms with E-state index in [1.54, 1.807) is 55.4 Å². The minimum Gasteiger partial charge on any atom is -0.456 e. The fourth-order valence-electron chi connectivity index (χ4n) is 7.96. The molecule has 0 aromatic heterocycles. The fourth-order valence-corrected chi connectivity index (χ4v) is 7.96. The van der Waals surface area contributed by atoms with E-state index in [-0.39, 0.29) is 74.3 Å². The Morgan fingerprint density at radius 1 is 1.14 bits per heavy atom. The Balaban J connectivity index is 0.00000481. The average molecular weight is 738 g/mol. The first kappa shape index (κ1) is 33.3. The standard InChI is InChI=1S/C28H46O8.Ac/c1-10-16-11-18(29)26(8)22(27(16,9)34)15(5)28(35)12-17(36-24(33)20(30)13(2)3)14(4)19(25(28,6)7)21(31)23(26)32;/h13,15-18,20-22,29-31,34-35H,10-12H2,1-9H3;/t15-,16+,17?,18?,20?,21?,22?,26+,27?,28?;/m0./s1. The van der Waals surface area contributed by atoms with Gasteiger partial charge in [0, 0.05) is 61.8 Å². The molecule has 0 aliphatic heterocycles.